The highest BCUT2D eigenvalue weighted by molar-refractivity contribution is 14.1. The quantitative estimate of drug-likeness (QED) is 0.195. The van der Waals surface area contributed by atoms with Crippen LogP contribution in [0.5, 0.6) is 5.75 Å². The number of hydrogen-bond acceptors (Lipinski definition) is 4. The molecule has 0 fully saturated rings. The largest absolute Gasteiger partial charge is 0.489 e. The van der Waals surface area contributed by atoms with Crippen LogP contribution in [0.2, 0.25) is 0 Å². The summed E-state index contributed by atoms with van der Waals surface area (Å²) in [5.74, 6) is 0.729. The van der Waals surface area contributed by atoms with Gasteiger partial charge in [0.25, 0.3) is 10.0 Å². The lowest BCUT2D eigenvalue weighted by Gasteiger charge is -2.07. The normalized spacial score (nSPS) is 11.6. The van der Waals surface area contributed by atoms with E-state index in [9.17, 15) is 8.42 Å². The van der Waals surface area contributed by atoms with E-state index in [1.807, 2.05) is 72.8 Å². The van der Waals surface area contributed by atoms with Crippen LogP contribution in [0.1, 0.15) is 11.1 Å². The summed E-state index contributed by atoms with van der Waals surface area (Å²) in [6.07, 6.45) is 1.46. The topological polar surface area (TPSA) is 67.8 Å². The molecule has 0 bridgehead atoms. The molecule has 7 heteroatoms. The number of rotatable bonds is 7. The molecule has 0 aliphatic carbocycles. The SMILES string of the molecule is O=S(=O)(N/N=C/c1ccc(OCc2ccc(I)cc2)cc1)c1ccc2ccccc2c1. The molecule has 0 aromatic heterocycles. The maximum atomic E-state index is 12.5. The summed E-state index contributed by atoms with van der Waals surface area (Å²) in [4.78, 5) is 2.43. The Morgan fingerprint density at radius 2 is 1.58 bits per heavy atom. The molecular weight excluding hydrogens is 523 g/mol. The standard InChI is InChI=1S/C24H19IN2O3S/c25-22-10-5-19(6-11-22)17-30-23-12-7-18(8-13-23)16-26-27-31(28,29)24-14-9-20-3-1-2-4-21(20)15-24/h1-16,27H,17H2/b26-16+. The predicted octanol–water partition coefficient (Wildman–Crippen LogP) is 5.34. The van der Waals surface area contributed by atoms with Crippen LogP contribution >= 0.6 is 22.6 Å². The van der Waals surface area contributed by atoms with Crippen molar-refractivity contribution in [1.29, 1.82) is 0 Å². The van der Waals surface area contributed by atoms with Crippen LogP contribution < -0.4 is 9.57 Å². The first-order valence-corrected chi connectivity index (χ1v) is 12.1. The van der Waals surface area contributed by atoms with E-state index in [4.69, 9.17) is 4.74 Å². The molecule has 0 saturated heterocycles. The molecule has 4 aromatic rings. The number of sulfonamides is 1. The molecule has 0 aliphatic rings. The molecule has 0 spiro atoms. The lowest BCUT2D eigenvalue weighted by atomic mass is 10.1. The van der Waals surface area contributed by atoms with Crippen LogP contribution in [0, 0.1) is 3.57 Å². The van der Waals surface area contributed by atoms with Crippen LogP contribution in [0.25, 0.3) is 10.8 Å². The second-order valence-corrected chi connectivity index (χ2v) is 9.75. The summed E-state index contributed by atoms with van der Waals surface area (Å²) in [5.41, 5.74) is 1.84. The van der Waals surface area contributed by atoms with Crippen LogP contribution in [-0.2, 0) is 16.6 Å². The smallest absolute Gasteiger partial charge is 0.276 e. The van der Waals surface area contributed by atoms with Crippen LogP contribution in [0.15, 0.2) is 101 Å². The Bertz CT molecular complexity index is 1320. The number of hydrazone groups is 1. The molecule has 31 heavy (non-hydrogen) atoms. The zero-order valence-corrected chi connectivity index (χ0v) is 19.4. The van der Waals surface area contributed by atoms with Gasteiger partial charge in [0.1, 0.15) is 12.4 Å². The van der Waals surface area contributed by atoms with Crippen molar-refractivity contribution >= 4 is 49.6 Å². The molecule has 0 saturated carbocycles. The number of halogens is 1. The molecule has 0 aliphatic heterocycles. The zero-order valence-electron chi connectivity index (χ0n) is 16.4. The van der Waals surface area contributed by atoms with E-state index in [-0.39, 0.29) is 4.90 Å². The highest BCUT2D eigenvalue weighted by Gasteiger charge is 2.13. The Morgan fingerprint density at radius 3 is 2.32 bits per heavy atom. The van der Waals surface area contributed by atoms with Crippen molar-refractivity contribution in [3.63, 3.8) is 0 Å². The van der Waals surface area contributed by atoms with Gasteiger partial charge in [0, 0.05) is 3.57 Å². The monoisotopic (exact) mass is 542 g/mol. The Labute approximate surface area is 195 Å². The van der Waals surface area contributed by atoms with Gasteiger partial charge in [-0.1, -0.05) is 42.5 Å². The summed E-state index contributed by atoms with van der Waals surface area (Å²) >= 11 is 2.27. The van der Waals surface area contributed by atoms with E-state index in [1.54, 1.807) is 18.2 Å². The van der Waals surface area contributed by atoms with Gasteiger partial charge < -0.3 is 4.74 Å². The van der Waals surface area contributed by atoms with Crippen molar-refractivity contribution in [3.05, 3.63) is 106 Å². The molecule has 0 amide bonds. The maximum Gasteiger partial charge on any atom is 0.276 e. The second-order valence-electron chi connectivity index (χ2n) is 6.85. The minimum absolute atomic E-state index is 0.169. The van der Waals surface area contributed by atoms with Crippen molar-refractivity contribution < 1.29 is 13.2 Å². The van der Waals surface area contributed by atoms with E-state index < -0.39 is 10.0 Å². The lowest BCUT2D eigenvalue weighted by molar-refractivity contribution is 0.306. The van der Waals surface area contributed by atoms with E-state index in [2.05, 4.69) is 32.5 Å². The van der Waals surface area contributed by atoms with Crippen molar-refractivity contribution in [2.24, 2.45) is 5.10 Å². The summed E-state index contributed by atoms with van der Waals surface area (Å²) in [7, 11) is -3.75. The fourth-order valence-electron chi connectivity index (χ4n) is 2.95. The van der Waals surface area contributed by atoms with Gasteiger partial charge in [0.15, 0.2) is 0 Å². The van der Waals surface area contributed by atoms with E-state index in [1.165, 1.54) is 9.78 Å². The van der Waals surface area contributed by atoms with Gasteiger partial charge in [-0.2, -0.15) is 13.5 Å². The Kier molecular flexibility index (Phi) is 6.53. The van der Waals surface area contributed by atoms with Crippen LogP contribution in [-0.4, -0.2) is 14.6 Å². The number of nitrogens with zero attached hydrogens (tertiary/aromatic N) is 1. The van der Waals surface area contributed by atoms with Crippen molar-refractivity contribution in [2.75, 3.05) is 0 Å². The molecule has 1 N–H and O–H groups in total. The summed E-state index contributed by atoms with van der Waals surface area (Å²) in [6, 6.07) is 28.0. The predicted molar refractivity (Wildman–Crippen MR) is 132 cm³/mol. The fourth-order valence-corrected chi connectivity index (χ4v) is 4.14. The highest BCUT2D eigenvalue weighted by Crippen LogP contribution is 2.19. The number of ether oxygens (including phenoxy) is 1. The van der Waals surface area contributed by atoms with Gasteiger partial charge in [-0.15, -0.1) is 0 Å². The molecular formula is C24H19IN2O3S. The van der Waals surface area contributed by atoms with Crippen molar-refractivity contribution in [1.82, 2.24) is 4.83 Å². The molecule has 0 atom stereocenters. The average Bonchev–Trinajstić information content (AvgIpc) is 2.79. The Balaban J connectivity index is 1.37. The molecule has 4 rings (SSSR count). The Morgan fingerprint density at radius 1 is 0.871 bits per heavy atom. The lowest BCUT2D eigenvalue weighted by Crippen LogP contribution is -2.18. The molecule has 0 heterocycles. The third-order valence-corrected chi connectivity index (χ3v) is 6.56. The number of hydrogen-bond donors (Lipinski definition) is 1. The van der Waals surface area contributed by atoms with E-state index >= 15 is 0 Å². The number of fused-ring (bicyclic) bond motifs is 1. The third kappa shape index (κ3) is 5.62. The fraction of sp³-hybridized carbons (Fsp3) is 0.0417. The molecule has 0 radical (unpaired) electrons. The number of nitrogens with one attached hydrogen (secondary N) is 1. The van der Waals surface area contributed by atoms with Gasteiger partial charge in [-0.3, -0.25) is 0 Å². The van der Waals surface area contributed by atoms with Gasteiger partial charge >= 0.3 is 0 Å². The summed E-state index contributed by atoms with van der Waals surface area (Å²) in [5, 5.41) is 5.73. The van der Waals surface area contributed by atoms with Gasteiger partial charge in [-0.05, 0) is 93.0 Å². The van der Waals surface area contributed by atoms with E-state index in [0.717, 1.165) is 27.6 Å². The van der Waals surface area contributed by atoms with Gasteiger partial charge in [0.2, 0.25) is 0 Å². The first-order valence-electron chi connectivity index (χ1n) is 9.51. The van der Waals surface area contributed by atoms with Gasteiger partial charge in [0.05, 0.1) is 11.1 Å². The van der Waals surface area contributed by atoms with Crippen molar-refractivity contribution in [3.8, 4) is 5.75 Å². The van der Waals surface area contributed by atoms with Crippen molar-refractivity contribution in [2.45, 2.75) is 11.5 Å². The van der Waals surface area contributed by atoms with Crippen LogP contribution in [0.3, 0.4) is 0 Å². The van der Waals surface area contributed by atoms with Crippen LogP contribution in [0.4, 0.5) is 0 Å². The van der Waals surface area contributed by atoms with Gasteiger partial charge in [-0.25, -0.2) is 4.83 Å². The highest BCUT2D eigenvalue weighted by atomic mass is 127. The maximum absolute atomic E-state index is 12.5. The first-order chi connectivity index (χ1) is 15.0. The molecule has 4 aromatic carbocycles. The average molecular weight is 542 g/mol. The minimum atomic E-state index is -3.75. The number of benzene rings is 4. The molecule has 0 unspecified atom stereocenters. The Hall–Kier alpha value is -2.91. The first kappa shape index (κ1) is 21.3. The molecule has 156 valence electrons. The second kappa shape index (κ2) is 9.49. The molecule has 5 nitrogen and oxygen atoms in total. The summed E-state index contributed by atoms with van der Waals surface area (Å²) in [6.45, 7) is 0.482. The van der Waals surface area contributed by atoms with E-state index in [0.29, 0.717) is 6.61 Å². The third-order valence-electron chi connectivity index (χ3n) is 4.62. The minimum Gasteiger partial charge on any atom is -0.489 e. The summed E-state index contributed by atoms with van der Waals surface area (Å²) < 4.78 is 32.0. The zero-order chi connectivity index (χ0) is 21.7.